The highest BCUT2D eigenvalue weighted by Crippen LogP contribution is 2.12. The van der Waals surface area contributed by atoms with E-state index < -0.39 is 0 Å². The van der Waals surface area contributed by atoms with E-state index in [2.05, 4.69) is 26.9 Å². The summed E-state index contributed by atoms with van der Waals surface area (Å²) in [5.41, 5.74) is 13.2. The van der Waals surface area contributed by atoms with E-state index in [1.807, 2.05) is 20.0 Å². The number of aromatic nitrogens is 2. The van der Waals surface area contributed by atoms with Gasteiger partial charge in [0.15, 0.2) is 5.82 Å². The number of likely N-dealkylation sites (N-methyl/N-ethyl adjacent to an activating group) is 1. The molecule has 1 aromatic heterocycles. The lowest BCUT2D eigenvalue weighted by atomic mass is 10.2. The van der Waals surface area contributed by atoms with Crippen LogP contribution in [-0.2, 0) is 7.05 Å². The van der Waals surface area contributed by atoms with Crippen LogP contribution in [0.4, 0.5) is 5.82 Å². The molecule has 0 radical (unpaired) electrons. The number of amidine groups is 1. The van der Waals surface area contributed by atoms with Crippen molar-refractivity contribution in [2.75, 3.05) is 33.2 Å². The van der Waals surface area contributed by atoms with Gasteiger partial charge in [0.2, 0.25) is 0 Å². The first-order chi connectivity index (χ1) is 9.45. The van der Waals surface area contributed by atoms with Gasteiger partial charge in [-0.2, -0.15) is 5.10 Å². The number of aryl methyl sites for hydroxylation is 2. The van der Waals surface area contributed by atoms with Crippen LogP contribution in [0.1, 0.15) is 12.1 Å². The quantitative estimate of drug-likeness (QED) is 0.580. The second-order valence-corrected chi connectivity index (χ2v) is 5.48. The Balaban J connectivity index is 1.91. The summed E-state index contributed by atoms with van der Waals surface area (Å²) in [5, 5.41) is 4.27. The van der Waals surface area contributed by atoms with Gasteiger partial charge in [-0.05, 0) is 14.0 Å². The molecule has 4 N–H and O–H groups in total. The Morgan fingerprint density at radius 1 is 1.35 bits per heavy atom. The van der Waals surface area contributed by atoms with E-state index >= 15 is 0 Å². The summed E-state index contributed by atoms with van der Waals surface area (Å²) in [5.74, 6) is 1.18. The SMILES string of the molecule is Cc1cc(N=C(N)CC(N)N2CCN(C)CC2)nn1C. The highest BCUT2D eigenvalue weighted by Gasteiger charge is 2.20. The fraction of sp³-hybridized carbons (Fsp3) is 0.692. The first-order valence-electron chi connectivity index (χ1n) is 6.97. The lowest BCUT2D eigenvalue weighted by Crippen LogP contribution is -2.53. The molecular formula is C13H25N7. The van der Waals surface area contributed by atoms with Gasteiger partial charge in [-0.25, -0.2) is 4.99 Å². The monoisotopic (exact) mass is 279 g/mol. The first kappa shape index (κ1) is 15.0. The molecule has 20 heavy (non-hydrogen) atoms. The maximum Gasteiger partial charge on any atom is 0.175 e. The van der Waals surface area contributed by atoms with Crippen LogP contribution in [0, 0.1) is 6.92 Å². The van der Waals surface area contributed by atoms with Crippen molar-refractivity contribution < 1.29 is 0 Å². The lowest BCUT2D eigenvalue weighted by Gasteiger charge is -2.36. The van der Waals surface area contributed by atoms with Crippen molar-refractivity contribution >= 4 is 11.7 Å². The van der Waals surface area contributed by atoms with Gasteiger partial charge in [0.1, 0.15) is 5.84 Å². The molecule has 2 rings (SSSR count). The summed E-state index contributed by atoms with van der Waals surface area (Å²) in [4.78, 5) is 8.89. The fourth-order valence-electron chi connectivity index (χ4n) is 2.29. The molecule has 1 aromatic rings. The van der Waals surface area contributed by atoms with E-state index in [9.17, 15) is 0 Å². The van der Waals surface area contributed by atoms with Gasteiger partial charge in [0.25, 0.3) is 0 Å². The Hall–Kier alpha value is -1.44. The van der Waals surface area contributed by atoms with Gasteiger partial charge < -0.3 is 16.4 Å². The molecule has 7 nitrogen and oxygen atoms in total. The average Bonchev–Trinajstić information content (AvgIpc) is 2.68. The number of hydrogen-bond acceptors (Lipinski definition) is 5. The summed E-state index contributed by atoms with van der Waals surface area (Å²) in [6.07, 6.45) is 0.497. The number of nitrogens with two attached hydrogens (primary N) is 2. The maximum atomic E-state index is 6.20. The molecule has 1 fully saturated rings. The molecule has 112 valence electrons. The van der Waals surface area contributed by atoms with Crippen LogP contribution in [0.25, 0.3) is 0 Å². The summed E-state index contributed by atoms with van der Waals surface area (Å²) < 4.78 is 1.78. The van der Waals surface area contributed by atoms with Crippen molar-refractivity contribution in [2.45, 2.75) is 19.5 Å². The van der Waals surface area contributed by atoms with Gasteiger partial charge in [-0.1, -0.05) is 0 Å². The minimum Gasteiger partial charge on any atom is -0.387 e. The molecule has 1 aliphatic heterocycles. The molecule has 2 heterocycles. The van der Waals surface area contributed by atoms with Crippen LogP contribution in [0.3, 0.4) is 0 Å². The third kappa shape index (κ3) is 3.78. The van der Waals surface area contributed by atoms with Crippen molar-refractivity contribution in [1.29, 1.82) is 0 Å². The van der Waals surface area contributed by atoms with Crippen molar-refractivity contribution in [3.05, 3.63) is 11.8 Å². The Labute approximate surface area is 120 Å². The van der Waals surface area contributed by atoms with Crippen LogP contribution in [0.5, 0.6) is 0 Å². The van der Waals surface area contributed by atoms with Crippen molar-refractivity contribution in [3.63, 3.8) is 0 Å². The summed E-state index contributed by atoms with van der Waals surface area (Å²) in [6.45, 7) is 6.04. The van der Waals surface area contributed by atoms with Crippen LogP contribution in [0.2, 0.25) is 0 Å². The molecule has 0 saturated carbocycles. The minimum atomic E-state index is -0.0720. The molecule has 1 saturated heterocycles. The topological polar surface area (TPSA) is 88.7 Å². The Morgan fingerprint density at radius 3 is 2.55 bits per heavy atom. The van der Waals surface area contributed by atoms with Gasteiger partial charge >= 0.3 is 0 Å². The average molecular weight is 279 g/mol. The van der Waals surface area contributed by atoms with E-state index in [1.165, 1.54) is 0 Å². The third-order valence-corrected chi connectivity index (χ3v) is 3.78. The van der Waals surface area contributed by atoms with E-state index in [4.69, 9.17) is 11.5 Å². The number of nitrogens with zero attached hydrogens (tertiary/aromatic N) is 5. The number of aliphatic imine (C=N–C) groups is 1. The highest BCUT2D eigenvalue weighted by molar-refractivity contribution is 5.83. The molecule has 0 aromatic carbocycles. The third-order valence-electron chi connectivity index (χ3n) is 3.78. The molecule has 1 aliphatic rings. The summed E-state index contributed by atoms with van der Waals surface area (Å²) in [6, 6.07) is 1.91. The van der Waals surface area contributed by atoms with Gasteiger partial charge in [0.05, 0.1) is 6.17 Å². The second-order valence-electron chi connectivity index (χ2n) is 5.48. The first-order valence-corrected chi connectivity index (χ1v) is 6.97. The molecule has 1 atom stereocenters. The molecule has 0 amide bonds. The van der Waals surface area contributed by atoms with Gasteiger partial charge in [-0.3, -0.25) is 9.58 Å². The van der Waals surface area contributed by atoms with Gasteiger partial charge in [0, 0.05) is 51.4 Å². The van der Waals surface area contributed by atoms with Gasteiger partial charge in [-0.15, -0.1) is 0 Å². The zero-order chi connectivity index (χ0) is 14.7. The fourth-order valence-corrected chi connectivity index (χ4v) is 2.29. The molecule has 7 heteroatoms. The molecule has 0 aliphatic carbocycles. The van der Waals surface area contributed by atoms with Crippen molar-refractivity contribution in [1.82, 2.24) is 19.6 Å². The number of hydrogen-bond donors (Lipinski definition) is 2. The second kappa shape index (κ2) is 6.34. The summed E-state index contributed by atoms with van der Waals surface area (Å²) >= 11 is 0. The van der Waals surface area contributed by atoms with E-state index in [1.54, 1.807) is 4.68 Å². The minimum absolute atomic E-state index is 0.0720. The predicted octanol–water partition coefficient (Wildman–Crippen LogP) is -0.360. The zero-order valence-electron chi connectivity index (χ0n) is 12.6. The van der Waals surface area contributed by atoms with E-state index in [-0.39, 0.29) is 6.17 Å². The van der Waals surface area contributed by atoms with Crippen LogP contribution < -0.4 is 11.5 Å². The predicted molar refractivity (Wildman–Crippen MR) is 80.9 cm³/mol. The van der Waals surface area contributed by atoms with Crippen LogP contribution >= 0.6 is 0 Å². The smallest absolute Gasteiger partial charge is 0.175 e. The zero-order valence-corrected chi connectivity index (χ0v) is 12.6. The molecule has 0 bridgehead atoms. The van der Waals surface area contributed by atoms with E-state index in [0.717, 1.165) is 31.9 Å². The number of piperazine rings is 1. The van der Waals surface area contributed by atoms with Crippen molar-refractivity contribution in [2.24, 2.45) is 23.5 Å². The Bertz CT molecular complexity index is 452. The Morgan fingerprint density at radius 2 is 2.00 bits per heavy atom. The lowest BCUT2D eigenvalue weighted by molar-refractivity contribution is 0.116. The van der Waals surface area contributed by atoms with Crippen LogP contribution in [-0.4, -0.2) is 64.8 Å². The maximum absolute atomic E-state index is 6.20. The standard InChI is InChI=1S/C13H25N7/c1-10-8-13(17-19(10)3)16-11(14)9-12(15)20-6-4-18(2)5-7-20/h8,12H,4-7,9,15H2,1-3H3,(H2,14,16,17). The van der Waals surface area contributed by atoms with Crippen molar-refractivity contribution in [3.8, 4) is 0 Å². The molecular weight excluding hydrogens is 254 g/mol. The molecule has 1 unspecified atom stereocenters. The summed E-state index contributed by atoms with van der Waals surface area (Å²) in [7, 11) is 4.02. The normalized spacial score (nSPS) is 20.3. The Kier molecular flexibility index (Phi) is 4.74. The highest BCUT2D eigenvalue weighted by atomic mass is 15.3. The van der Waals surface area contributed by atoms with E-state index in [0.29, 0.717) is 18.1 Å². The molecule has 0 spiro atoms. The van der Waals surface area contributed by atoms with Crippen LogP contribution in [0.15, 0.2) is 11.1 Å². The number of rotatable bonds is 4. The largest absolute Gasteiger partial charge is 0.387 e.